The number of esters is 1. The third-order valence-electron chi connectivity index (χ3n) is 2.11. The maximum Gasteiger partial charge on any atom is 0.373 e. The molecule has 1 aromatic rings. The van der Waals surface area contributed by atoms with Gasteiger partial charge in [-0.25, -0.2) is 4.79 Å². The molecule has 0 saturated carbocycles. The zero-order valence-corrected chi connectivity index (χ0v) is 9.60. The van der Waals surface area contributed by atoms with Crippen molar-refractivity contribution in [3.63, 3.8) is 0 Å². The highest BCUT2D eigenvalue weighted by Gasteiger charge is 2.06. The van der Waals surface area contributed by atoms with Gasteiger partial charge in [0.05, 0.1) is 7.11 Å². The number of carbonyl (C=O) groups excluding carboxylic acids is 1. The van der Waals surface area contributed by atoms with Gasteiger partial charge in [0.15, 0.2) is 0 Å². The molecule has 0 aliphatic rings. The number of benzene rings is 1. The number of aliphatic hydroxyl groups excluding tert-OH is 1. The van der Waals surface area contributed by atoms with Gasteiger partial charge in [-0.1, -0.05) is 12.1 Å². The molecule has 0 amide bonds. The van der Waals surface area contributed by atoms with Crippen molar-refractivity contribution in [2.75, 3.05) is 26.1 Å². The molecule has 0 radical (unpaired) electrons. The second kappa shape index (κ2) is 5.21. The summed E-state index contributed by atoms with van der Waals surface area (Å²) in [5.41, 5.74) is 1.79. The van der Waals surface area contributed by atoms with Gasteiger partial charge in [0.1, 0.15) is 0 Å². The molecule has 0 aromatic heterocycles. The van der Waals surface area contributed by atoms with Gasteiger partial charge in [0.25, 0.3) is 0 Å². The molecule has 0 heterocycles. The lowest BCUT2D eigenvalue weighted by molar-refractivity contribution is -0.138. The first kappa shape index (κ1) is 12.1. The third kappa shape index (κ3) is 3.02. The second-order valence-corrected chi connectivity index (χ2v) is 3.51. The topological polar surface area (TPSA) is 49.8 Å². The van der Waals surface area contributed by atoms with E-state index in [4.69, 9.17) is 0 Å². The van der Waals surface area contributed by atoms with Crippen molar-refractivity contribution in [1.29, 1.82) is 0 Å². The van der Waals surface area contributed by atoms with Crippen molar-refractivity contribution in [3.8, 4) is 0 Å². The van der Waals surface area contributed by atoms with Gasteiger partial charge in [-0.05, 0) is 23.8 Å². The second-order valence-electron chi connectivity index (χ2n) is 3.51. The molecular weight excluding hydrogens is 206 g/mol. The van der Waals surface area contributed by atoms with Gasteiger partial charge in [-0.15, -0.1) is 0 Å². The Morgan fingerprint density at radius 3 is 2.31 bits per heavy atom. The van der Waals surface area contributed by atoms with E-state index in [2.05, 4.69) is 4.74 Å². The Morgan fingerprint density at radius 1 is 1.31 bits per heavy atom. The van der Waals surface area contributed by atoms with Gasteiger partial charge in [0, 0.05) is 19.8 Å². The van der Waals surface area contributed by atoms with Crippen molar-refractivity contribution >= 4 is 17.7 Å². The molecule has 1 rings (SSSR count). The van der Waals surface area contributed by atoms with Crippen LogP contribution in [-0.2, 0) is 9.53 Å². The molecule has 0 fully saturated rings. The molecule has 86 valence electrons. The van der Waals surface area contributed by atoms with E-state index in [0.717, 1.165) is 11.3 Å². The lowest BCUT2D eigenvalue weighted by Crippen LogP contribution is -2.08. The predicted molar refractivity (Wildman–Crippen MR) is 63.4 cm³/mol. The molecule has 0 saturated heterocycles. The number of rotatable bonds is 3. The average Bonchev–Trinajstić information content (AvgIpc) is 2.28. The Bertz CT molecular complexity index is 393. The van der Waals surface area contributed by atoms with E-state index in [1.165, 1.54) is 13.2 Å². The molecule has 4 heteroatoms. The molecule has 0 bridgehead atoms. The normalized spacial score (nSPS) is 11.1. The number of anilines is 1. The van der Waals surface area contributed by atoms with E-state index in [1.807, 2.05) is 43.3 Å². The highest BCUT2D eigenvalue weighted by Crippen LogP contribution is 2.14. The number of hydrogen-bond acceptors (Lipinski definition) is 4. The monoisotopic (exact) mass is 221 g/mol. The molecule has 1 N–H and O–H groups in total. The molecule has 0 aliphatic heterocycles. The summed E-state index contributed by atoms with van der Waals surface area (Å²) in [6.07, 6.45) is 1.37. The van der Waals surface area contributed by atoms with Crippen molar-refractivity contribution in [3.05, 3.63) is 35.6 Å². The van der Waals surface area contributed by atoms with Crippen LogP contribution in [0.15, 0.2) is 30.0 Å². The van der Waals surface area contributed by atoms with Crippen LogP contribution < -0.4 is 4.90 Å². The van der Waals surface area contributed by atoms with E-state index >= 15 is 0 Å². The highest BCUT2D eigenvalue weighted by atomic mass is 16.5. The molecule has 0 aliphatic carbocycles. The summed E-state index contributed by atoms with van der Waals surface area (Å²) in [5, 5.41) is 9.33. The van der Waals surface area contributed by atoms with E-state index in [9.17, 15) is 9.90 Å². The van der Waals surface area contributed by atoms with E-state index in [-0.39, 0.29) is 0 Å². The van der Waals surface area contributed by atoms with Crippen molar-refractivity contribution in [2.24, 2.45) is 0 Å². The molecule has 0 spiro atoms. The number of hydrogen-bond donors (Lipinski definition) is 1. The molecule has 16 heavy (non-hydrogen) atoms. The Kier molecular flexibility index (Phi) is 3.94. The van der Waals surface area contributed by atoms with Crippen molar-refractivity contribution in [1.82, 2.24) is 0 Å². The lowest BCUT2D eigenvalue weighted by Gasteiger charge is -2.11. The molecule has 4 nitrogen and oxygen atoms in total. The van der Waals surface area contributed by atoms with Crippen LogP contribution in [0.1, 0.15) is 5.56 Å². The largest absolute Gasteiger partial charge is 0.502 e. The summed E-state index contributed by atoms with van der Waals surface area (Å²) in [6.45, 7) is 0. The van der Waals surface area contributed by atoms with Crippen LogP contribution in [0.5, 0.6) is 0 Å². The lowest BCUT2D eigenvalue weighted by atomic mass is 10.2. The van der Waals surface area contributed by atoms with Crippen LogP contribution in [0.3, 0.4) is 0 Å². The Hall–Kier alpha value is -1.97. The SMILES string of the molecule is COC(=O)/C(O)=C/c1ccc(N(C)C)cc1. The van der Waals surface area contributed by atoms with Gasteiger partial charge < -0.3 is 14.7 Å². The number of ether oxygens (including phenoxy) is 1. The standard InChI is InChI=1S/C12H15NO3/c1-13(2)10-6-4-9(5-7-10)8-11(14)12(15)16-3/h4-8,14H,1-3H3/b11-8-. The minimum absolute atomic E-state index is 0.403. The first-order chi connectivity index (χ1) is 7.54. The molecule has 1 aromatic carbocycles. The van der Waals surface area contributed by atoms with E-state index in [0.29, 0.717) is 0 Å². The Balaban J connectivity index is 2.87. The molecular formula is C12H15NO3. The van der Waals surface area contributed by atoms with Crippen molar-refractivity contribution in [2.45, 2.75) is 0 Å². The quantitative estimate of drug-likeness (QED) is 0.480. The summed E-state index contributed by atoms with van der Waals surface area (Å²) in [4.78, 5) is 12.9. The third-order valence-corrected chi connectivity index (χ3v) is 2.11. The van der Waals surface area contributed by atoms with Gasteiger partial charge in [-0.2, -0.15) is 0 Å². The van der Waals surface area contributed by atoms with Crippen LogP contribution in [0, 0.1) is 0 Å². The fraction of sp³-hybridized carbons (Fsp3) is 0.250. The van der Waals surface area contributed by atoms with Crippen molar-refractivity contribution < 1.29 is 14.6 Å². The Labute approximate surface area is 94.8 Å². The molecule has 0 unspecified atom stereocenters. The minimum atomic E-state index is -0.739. The fourth-order valence-corrected chi connectivity index (χ4v) is 1.19. The zero-order valence-electron chi connectivity index (χ0n) is 9.60. The summed E-state index contributed by atoms with van der Waals surface area (Å²) in [6, 6.07) is 7.43. The summed E-state index contributed by atoms with van der Waals surface area (Å²) < 4.78 is 4.38. The average molecular weight is 221 g/mol. The minimum Gasteiger partial charge on any atom is -0.502 e. The predicted octanol–water partition coefficient (Wildman–Crippen LogP) is 1.82. The zero-order chi connectivity index (χ0) is 12.1. The maximum atomic E-state index is 10.9. The van der Waals surface area contributed by atoms with E-state index in [1.54, 1.807) is 0 Å². The van der Waals surface area contributed by atoms with Crippen LogP contribution in [-0.4, -0.2) is 32.3 Å². The van der Waals surface area contributed by atoms with Gasteiger partial charge in [-0.3, -0.25) is 0 Å². The number of carbonyl (C=O) groups is 1. The van der Waals surface area contributed by atoms with Gasteiger partial charge in [0.2, 0.25) is 5.76 Å². The highest BCUT2D eigenvalue weighted by molar-refractivity contribution is 5.90. The summed E-state index contributed by atoms with van der Waals surface area (Å²) in [7, 11) is 5.11. The van der Waals surface area contributed by atoms with Crippen LogP contribution in [0.4, 0.5) is 5.69 Å². The number of nitrogens with zero attached hydrogens (tertiary/aromatic N) is 1. The maximum absolute atomic E-state index is 10.9. The summed E-state index contributed by atoms with van der Waals surface area (Å²) >= 11 is 0. The summed E-state index contributed by atoms with van der Waals surface area (Å²) in [5.74, 6) is -1.14. The van der Waals surface area contributed by atoms with Crippen LogP contribution in [0.2, 0.25) is 0 Å². The first-order valence-electron chi connectivity index (χ1n) is 4.81. The van der Waals surface area contributed by atoms with Crippen LogP contribution in [0.25, 0.3) is 6.08 Å². The smallest absolute Gasteiger partial charge is 0.373 e. The van der Waals surface area contributed by atoms with E-state index < -0.39 is 11.7 Å². The van der Waals surface area contributed by atoms with Gasteiger partial charge >= 0.3 is 5.97 Å². The fourth-order valence-electron chi connectivity index (χ4n) is 1.19. The molecule has 0 atom stereocenters. The first-order valence-corrected chi connectivity index (χ1v) is 4.81. The number of aliphatic hydroxyl groups is 1. The van der Waals surface area contributed by atoms with Crippen LogP contribution >= 0.6 is 0 Å². The Morgan fingerprint density at radius 2 is 1.88 bits per heavy atom. The number of methoxy groups -OCH3 is 1.